The zero-order chi connectivity index (χ0) is 17.8. The molecule has 0 spiro atoms. The lowest BCUT2D eigenvalue weighted by Crippen LogP contribution is -2.54. The number of hydrogen-bond donors (Lipinski definition) is 1. The van der Waals surface area contributed by atoms with E-state index in [0.717, 1.165) is 13.0 Å². The number of benzene rings is 1. The van der Waals surface area contributed by atoms with Gasteiger partial charge < -0.3 is 5.32 Å². The van der Waals surface area contributed by atoms with Crippen LogP contribution in [0.1, 0.15) is 50.3 Å². The quantitative estimate of drug-likeness (QED) is 0.897. The number of pyridine rings is 1. The van der Waals surface area contributed by atoms with E-state index in [9.17, 15) is 0 Å². The Balaban J connectivity index is 1.53. The number of nitrogens with zero attached hydrogens (tertiary/aromatic N) is 2. The fourth-order valence-corrected chi connectivity index (χ4v) is 4.97. The summed E-state index contributed by atoms with van der Waals surface area (Å²) in [5.74, 6) is 0. The van der Waals surface area contributed by atoms with Crippen LogP contribution in [0.4, 0.5) is 0 Å². The monoisotopic (exact) mass is 349 g/mol. The highest BCUT2D eigenvalue weighted by Crippen LogP contribution is 2.37. The summed E-state index contributed by atoms with van der Waals surface area (Å²) in [5, 5.41) is 4.00. The topological polar surface area (TPSA) is 28.2 Å². The summed E-state index contributed by atoms with van der Waals surface area (Å²) in [6.07, 6.45) is 9.56. The standard InChI is InChI=1S/C23H31N3/c1-23-17-21(16-19-10-4-2-5-11-19)25-22(23)13-6-3-9-15-26(23)18-20-12-7-8-14-24-20/h2,4-5,7-8,10-12,14,21-22,25H,3,6,9,13,15-18H2,1H3/t21-,22+,23+/m1/s1. The van der Waals surface area contributed by atoms with Crippen molar-refractivity contribution in [2.75, 3.05) is 6.54 Å². The first-order valence-corrected chi connectivity index (χ1v) is 10.2. The Morgan fingerprint density at radius 1 is 1.08 bits per heavy atom. The fourth-order valence-electron chi connectivity index (χ4n) is 4.97. The van der Waals surface area contributed by atoms with E-state index in [4.69, 9.17) is 0 Å². The molecule has 0 saturated carbocycles. The normalized spacial score (nSPS) is 29.7. The SMILES string of the molecule is C[C@]12C[C@@H](Cc3ccccc3)N[C@H]1CCCCCN2Cc1ccccn1. The third-order valence-electron chi connectivity index (χ3n) is 6.39. The van der Waals surface area contributed by atoms with E-state index < -0.39 is 0 Å². The minimum absolute atomic E-state index is 0.220. The van der Waals surface area contributed by atoms with Gasteiger partial charge >= 0.3 is 0 Å². The van der Waals surface area contributed by atoms with Crippen LogP contribution in [0.3, 0.4) is 0 Å². The largest absolute Gasteiger partial charge is 0.309 e. The van der Waals surface area contributed by atoms with Gasteiger partial charge in [-0.3, -0.25) is 9.88 Å². The summed E-state index contributed by atoms with van der Waals surface area (Å²) in [4.78, 5) is 7.32. The third kappa shape index (κ3) is 3.84. The summed E-state index contributed by atoms with van der Waals surface area (Å²) < 4.78 is 0. The van der Waals surface area contributed by atoms with Crippen LogP contribution in [0.15, 0.2) is 54.7 Å². The molecule has 1 N–H and O–H groups in total. The summed E-state index contributed by atoms with van der Waals surface area (Å²) in [7, 11) is 0. The molecule has 1 aromatic carbocycles. The maximum atomic E-state index is 4.60. The van der Waals surface area contributed by atoms with Crippen LogP contribution < -0.4 is 5.32 Å². The van der Waals surface area contributed by atoms with E-state index >= 15 is 0 Å². The van der Waals surface area contributed by atoms with E-state index in [1.54, 1.807) is 0 Å². The Hall–Kier alpha value is -1.71. The molecular formula is C23H31N3. The minimum atomic E-state index is 0.220. The van der Waals surface area contributed by atoms with E-state index in [2.05, 4.69) is 64.6 Å². The fraction of sp³-hybridized carbons (Fsp3) is 0.522. The van der Waals surface area contributed by atoms with Gasteiger partial charge in [-0.1, -0.05) is 49.2 Å². The zero-order valence-corrected chi connectivity index (χ0v) is 15.9. The molecule has 2 fully saturated rings. The van der Waals surface area contributed by atoms with Gasteiger partial charge in [0.25, 0.3) is 0 Å². The van der Waals surface area contributed by atoms with Crippen LogP contribution in [0.2, 0.25) is 0 Å². The Morgan fingerprint density at radius 2 is 1.92 bits per heavy atom. The highest BCUT2D eigenvalue weighted by Gasteiger charge is 2.47. The molecule has 2 aliphatic heterocycles. The zero-order valence-electron chi connectivity index (χ0n) is 15.9. The highest BCUT2D eigenvalue weighted by molar-refractivity contribution is 5.18. The van der Waals surface area contributed by atoms with Crippen molar-refractivity contribution in [2.45, 2.75) is 69.6 Å². The Labute approximate surface area is 157 Å². The maximum absolute atomic E-state index is 4.60. The van der Waals surface area contributed by atoms with Gasteiger partial charge in [0.05, 0.1) is 5.69 Å². The van der Waals surface area contributed by atoms with E-state index in [0.29, 0.717) is 12.1 Å². The van der Waals surface area contributed by atoms with E-state index in [-0.39, 0.29) is 5.54 Å². The molecule has 3 nitrogen and oxygen atoms in total. The summed E-state index contributed by atoms with van der Waals surface area (Å²) in [6, 6.07) is 18.4. The Kier molecular flexibility index (Phi) is 5.37. The van der Waals surface area contributed by atoms with Crippen molar-refractivity contribution in [1.29, 1.82) is 0 Å². The average Bonchev–Trinajstić information content (AvgIpc) is 2.96. The molecular weight excluding hydrogens is 318 g/mol. The van der Waals surface area contributed by atoms with Crippen LogP contribution in [0.5, 0.6) is 0 Å². The second kappa shape index (κ2) is 7.89. The number of nitrogens with one attached hydrogen (secondary N) is 1. The molecule has 138 valence electrons. The molecule has 0 amide bonds. The number of aromatic nitrogens is 1. The third-order valence-corrected chi connectivity index (χ3v) is 6.39. The molecule has 3 heterocycles. The first-order chi connectivity index (χ1) is 12.7. The molecule has 4 rings (SSSR count). The maximum Gasteiger partial charge on any atom is 0.0544 e. The highest BCUT2D eigenvalue weighted by atomic mass is 15.3. The van der Waals surface area contributed by atoms with Crippen LogP contribution >= 0.6 is 0 Å². The van der Waals surface area contributed by atoms with Gasteiger partial charge in [0, 0.05) is 30.4 Å². The molecule has 2 aliphatic rings. The number of fused-ring (bicyclic) bond motifs is 1. The molecule has 0 unspecified atom stereocenters. The van der Waals surface area contributed by atoms with Gasteiger partial charge in [0.1, 0.15) is 0 Å². The predicted octanol–water partition coefficient (Wildman–Crippen LogP) is 4.19. The molecule has 0 bridgehead atoms. The second-order valence-electron chi connectivity index (χ2n) is 8.26. The van der Waals surface area contributed by atoms with Gasteiger partial charge in [-0.15, -0.1) is 0 Å². The van der Waals surface area contributed by atoms with Crippen molar-refractivity contribution in [1.82, 2.24) is 15.2 Å². The van der Waals surface area contributed by atoms with Crippen LogP contribution in [0.25, 0.3) is 0 Å². The number of likely N-dealkylation sites (tertiary alicyclic amines) is 1. The summed E-state index contributed by atoms with van der Waals surface area (Å²) in [6.45, 7) is 4.64. The smallest absolute Gasteiger partial charge is 0.0544 e. The molecule has 2 aromatic rings. The Bertz CT molecular complexity index is 687. The summed E-state index contributed by atoms with van der Waals surface area (Å²) >= 11 is 0. The minimum Gasteiger partial charge on any atom is -0.309 e. The molecule has 0 aliphatic carbocycles. The lowest BCUT2D eigenvalue weighted by Gasteiger charge is -2.44. The predicted molar refractivity (Wildman–Crippen MR) is 107 cm³/mol. The molecule has 2 saturated heterocycles. The van der Waals surface area contributed by atoms with Crippen molar-refractivity contribution < 1.29 is 0 Å². The van der Waals surface area contributed by atoms with Gasteiger partial charge in [0.15, 0.2) is 0 Å². The van der Waals surface area contributed by atoms with Crippen LogP contribution in [0, 0.1) is 0 Å². The van der Waals surface area contributed by atoms with Gasteiger partial charge in [-0.25, -0.2) is 0 Å². The molecule has 26 heavy (non-hydrogen) atoms. The van der Waals surface area contributed by atoms with Crippen molar-refractivity contribution in [3.8, 4) is 0 Å². The first kappa shape index (κ1) is 17.7. The van der Waals surface area contributed by atoms with Crippen LogP contribution in [-0.2, 0) is 13.0 Å². The van der Waals surface area contributed by atoms with E-state index in [1.807, 2.05) is 12.3 Å². The van der Waals surface area contributed by atoms with Gasteiger partial charge in [0.2, 0.25) is 0 Å². The van der Waals surface area contributed by atoms with Gasteiger partial charge in [-0.2, -0.15) is 0 Å². The van der Waals surface area contributed by atoms with Gasteiger partial charge in [-0.05, 0) is 56.8 Å². The van der Waals surface area contributed by atoms with Crippen molar-refractivity contribution in [2.24, 2.45) is 0 Å². The van der Waals surface area contributed by atoms with Crippen molar-refractivity contribution in [3.63, 3.8) is 0 Å². The average molecular weight is 350 g/mol. The molecule has 3 heteroatoms. The van der Waals surface area contributed by atoms with Crippen LogP contribution in [-0.4, -0.2) is 34.1 Å². The summed E-state index contributed by atoms with van der Waals surface area (Å²) in [5.41, 5.74) is 2.86. The second-order valence-corrected chi connectivity index (χ2v) is 8.26. The number of rotatable bonds is 4. The lowest BCUT2D eigenvalue weighted by molar-refractivity contribution is 0.0652. The van der Waals surface area contributed by atoms with Crippen molar-refractivity contribution >= 4 is 0 Å². The first-order valence-electron chi connectivity index (χ1n) is 10.2. The molecule has 3 atom stereocenters. The lowest BCUT2D eigenvalue weighted by atomic mass is 9.83. The Morgan fingerprint density at radius 3 is 2.73 bits per heavy atom. The van der Waals surface area contributed by atoms with E-state index in [1.165, 1.54) is 49.9 Å². The molecule has 0 radical (unpaired) electrons. The van der Waals surface area contributed by atoms with Crippen molar-refractivity contribution in [3.05, 3.63) is 66.0 Å². The molecule has 1 aromatic heterocycles. The number of hydrogen-bond acceptors (Lipinski definition) is 3.